The Kier molecular flexibility index (Phi) is 3.64. The Morgan fingerprint density at radius 3 is 2.71 bits per heavy atom. The molecule has 2 rings (SSSR count). The molecule has 0 aromatic heterocycles. The summed E-state index contributed by atoms with van der Waals surface area (Å²) in [4.78, 5) is 14.4. The number of hydrogen-bond acceptors (Lipinski definition) is 2. The SMILES string of the molecule is CCN1CCC[C@@H]1CNC(=O)[C@@]1(C)CC1(Cl)Cl. The van der Waals surface area contributed by atoms with E-state index in [0.717, 1.165) is 19.5 Å². The van der Waals surface area contributed by atoms with E-state index in [1.165, 1.54) is 6.42 Å². The zero-order valence-corrected chi connectivity index (χ0v) is 11.9. The molecule has 2 aliphatic rings. The molecule has 0 aromatic rings. The molecule has 1 aliphatic heterocycles. The van der Waals surface area contributed by atoms with E-state index in [-0.39, 0.29) is 5.91 Å². The lowest BCUT2D eigenvalue weighted by Crippen LogP contribution is -2.43. The third kappa shape index (κ3) is 2.42. The van der Waals surface area contributed by atoms with Gasteiger partial charge in [0.15, 0.2) is 0 Å². The first-order chi connectivity index (χ1) is 7.90. The number of alkyl halides is 2. The highest BCUT2D eigenvalue weighted by molar-refractivity contribution is 6.53. The van der Waals surface area contributed by atoms with Crippen molar-refractivity contribution in [2.24, 2.45) is 5.41 Å². The predicted octanol–water partition coefficient (Wildman–Crippen LogP) is 2.17. The number of nitrogens with zero attached hydrogens (tertiary/aromatic N) is 1. The fourth-order valence-corrected chi connectivity index (χ4v) is 3.30. The zero-order chi connectivity index (χ0) is 12.7. The first-order valence-electron chi connectivity index (χ1n) is 6.31. The van der Waals surface area contributed by atoms with Crippen LogP contribution < -0.4 is 5.32 Å². The number of likely N-dealkylation sites (N-methyl/N-ethyl adjacent to an activating group) is 1. The van der Waals surface area contributed by atoms with Crippen LogP contribution in [0.25, 0.3) is 0 Å². The molecule has 1 aliphatic carbocycles. The minimum atomic E-state index is -0.864. The minimum Gasteiger partial charge on any atom is -0.354 e. The Hall–Kier alpha value is 0.01000. The van der Waals surface area contributed by atoms with Gasteiger partial charge in [0.05, 0.1) is 5.41 Å². The van der Waals surface area contributed by atoms with E-state index < -0.39 is 9.75 Å². The molecule has 1 amide bonds. The van der Waals surface area contributed by atoms with Crippen LogP contribution in [0.5, 0.6) is 0 Å². The van der Waals surface area contributed by atoms with E-state index in [0.29, 0.717) is 19.0 Å². The first-order valence-corrected chi connectivity index (χ1v) is 7.06. The van der Waals surface area contributed by atoms with Crippen LogP contribution in [-0.4, -0.2) is 40.8 Å². The maximum Gasteiger partial charge on any atom is 0.229 e. The van der Waals surface area contributed by atoms with Crippen molar-refractivity contribution in [3.8, 4) is 0 Å². The summed E-state index contributed by atoms with van der Waals surface area (Å²) in [7, 11) is 0. The van der Waals surface area contributed by atoms with Crippen LogP contribution in [0.4, 0.5) is 0 Å². The Bertz CT molecular complexity index is 322. The topological polar surface area (TPSA) is 32.3 Å². The van der Waals surface area contributed by atoms with Gasteiger partial charge in [-0.3, -0.25) is 9.69 Å². The minimum absolute atomic E-state index is 0.00884. The Morgan fingerprint density at radius 1 is 1.53 bits per heavy atom. The van der Waals surface area contributed by atoms with Crippen molar-refractivity contribution in [1.82, 2.24) is 10.2 Å². The molecular formula is C12H20Cl2N2O. The molecular weight excluding hydrogens is 259 g/mol. The second-order valence-electron chi connectivity index (χ2n) is 5.35. The van der Waals surface area contributed by atoms with Gasteiger partial charge in [0.25, 0.3) is 0 Å². The average Bonchev–Trinajstić information content (AvgIpc) is 2.67. The normalized spacial score (nSPS) is 35.9. The number of likely N-dealkylation sites (tertiary alicyclic amines) is 1. The first kappa shape index (κ1) is 13.4. The molecule has 2 fully saturated rings. The summed E-state index contributed by atoms with van der Waals surface area (Å²) in [6.45, 7) is 6.89. The highest BCUT2D eigenvalue weighted by Gasteiger charge is 2.67. The summed E-state index contributed by atoms with van der Waals surface area (Å²) in [5.41, 5.74) is -0.592. The smallest absolute Gasteiger partial charge is 0.229 e. The lowest BCUT2D eigenvalue weighted by molar-refractivity contribution is -0.126. The van der Waals surface area contributed by atoms with Crippen molar-refractivity contribution in [2.75, 3.05) is 19.6 Å². The van der Waals surface area contributed by atoms with E-state index >= 15 is 0 Å². The van der Waals surface area contributed by atoms with Crippen molar-refractivity contribution in [2.45, 2.75) is 43.5 Å². The molecule has 1 heterocycles. The number of rotatable bonds is 4. The molecule has 0 bridgehead atoms. The number of halogens is 2. The Morgan fingerprint density at radius 2 is 2.18 bits per heavy atom. The van der Waals surface area contributed by atoms with Gasteiger partial charge in [-0.15, -0.1) is 23.2 Å². The Labute approximate surface area is 113 Å². The number of carbonyl (C=O) groups excluding carboxylic acids is 1. The highest BCUT2D eigenvalue weighted by Crippen LogP contribution is 2.63. The van der Waals surface area contributed by atoms with Crippen LogP contribution in [0, 0.1) is 5.41 Å². The number of amides is 1. The van der Waals surface area contributed by atoms with Crippen molar-refractivity contribution in [1.29, 1.82) is 0 Å². The van der Waals surface area contributed by atoms with Crippen molar-refractivity contribution in [3.05, 3.63) is 0 Å². The van der Waals surface area contributed by atoms with Gasteiger partial charge in [-0.1, -0.05) is 6.92 Å². The van der Waals surface area contributed by atoms with Crippen LogP contribution in [-0.2, 0) is 4.79 Å². The van der Waals surface area contributed by atoms with Gasteiger partial charge in [-0.05, 0) is 39.3 Å². The summed E-state index contributed by atoms with van der Waals surface area (Å²) in [6, 6.07) is 0.478. The van der Waals surface area contributed by atoms with Crippen LogP contribution in [0.1, 0.15) is 33.1 Å². The van der Waals surface area contributed by atoms with E-state index in [2.05, 4.69) is 17.1 Å². The summed E-state index contributed by atoms with van der Waals surface area (Å²) in [5.74, 6) is -0.00884. The lowest BCUT2D eigenvalue weighted by Gasteiger charge is -2.24. The standard InChI is InChI=1S/C12H20Cl2N2O/c1-3-16-6-4-5-9(16)7-15-10(17)11(2)8-12(11,13)14/h9H,3-8H2,1-2H3,(H,15,17)/t9-,11-/m1/s1. The molecule has 1 N–H and O–H groups in total. The third-order valence-electron chi connectivity index (χ3n) is 4.16. The van der Waals surface area contributed by atoms with E-state index in [1.54, 1.807) is 0 Å². The third-order valence-corrected chi connectivity index (χ3v) is 5.26. The Balaban J connectivity index is 1.81. The van der Waals surface area contributed by atoms with Gasteiger partial charge in [0.1, 0.15) is 4.33 Å². The number of nitrogens with one attached hydrogen (secondary N) is 1. The largest absolute Gasteiger partial charge is 0.354 e. The molecule has 17 heavy (non-hydrogen) atoms. The van der Waals surface area contributed by atoms with E-state index in [1.807, 2.05) is 6.92 Å². The van der Waals surface area contributed by atoms with Gasteiger partial charge in [-0.2, -0.15) is 0 Å². The molecule has 1 saturated carbocycles. The molecule has 1 saturated heterocycles. The van der Waals surface area contributed by atoms with Gasteiger partial charge in [-0.25, -0.2) is 0 Å². The average molecular weight is 279 g/mol. The predicted molar refractivity (Wildman–Crippen MR) is 70.4 cm³/mol. The summed E-state index contributed by atoms with van der Waals surface area (Å²) in [6.07, 6.45) is 2.94. The molecule has 0 aromatic carbocycles. The second kappa shape index (κ2) is 4.60. The molecule has 3 nitrogen and oxygen atoms in total. The fraction of sp³-hybridized carbons (Fsp3) is 0.917. The monoisotopic (exact) mass is 278 g/mol. The van der Waals surface area contributed by atoms with Crippen molar-refractivity contribution >= 4 is 29.1 Å². The summed E-state index contributed by atoms with van der Waals surface area (Å²) >= 11 is 12.0. The molecule has 0 unspecified atom stereocenters. The molecule has 5 heteroatoms. The lowest BCUT2D eigenvalue weighted by atomic mass is 10.1. The zero-order valence-electron chi connectivity index (χ0n) is 10.4. The maximum absolute atomic E-state index is 12.0. The van der Waals surface area contributed by atoms with Gasteiger partial charge >= 0.3 is 0 Å². The molecule has 98 valence electrons. The maximum atomic E-state index is 12.0. The number of hydrogen-bond donors (Lipinski definition) is 1. The molecule has 2 atom stereocenters. The van der Waals surface area contributed by atoms with Crippen molar-refractivity contribution in [3.63, 3.8) is 0 Å². The molecule has 0 radical (unpaired) electrons. The second-order valence-corrected chi connectivity index (χ2v) is 6.83. The van der Waals surface area contributed by atoms with E-state index in [9.17, 15) is 4.79 Å². The number of carbonyl (C=O) groups is 1. The van der Waals surface area contributed by atoms with E-state index in [4.69, 9.17) is 23.2 Å². The van der Waals surface area contributed by atoms with Gasteiger partial charge < -0.3 is 5.32 Å². The van der Waals surface area contributed by atoms with Gasteiger partial charge in [0, 0.05) is 12.6 Å². The summed E-state index contributed by atoms with van der Waals surface area (Å²) < 4.78 is -0.864. The van der Waals surface area contributed by atoms with Crippen LogP contribution in [0.15, 0.2) is 0 Å². The summed E-state index contributed by atoms with van der Waals surface area (Å²) in [5, 5.41) is 3.00. The highest BCUT2D eigenvalue weighted by atomic mass is 35.5. The van der Waals surface area contributed by atoms with Crippen LogP contribution in [0.3, 0.4) is 0 Å². The van der Waals surface area contributed by atoms with Crippen LogP contribution in [0.2, 0.25) is 0 Å². The quantitative estimate of drug-likeness (QED) is 0.800. The molecule has 0 spiro atoms. The fourth-order valence-electron chi connectivity index (χ4n) is 2.59. The van der Waals surface area contributed by atoms with Crippen molar-refractivity contribution < 1.29 is 4.79 Å². The van der Waals surface area contributed by atoms with Gasteiger partial charge in [0.2, 0.25) is 5.91 Å². The van der Waals surface area contributed by atoms with Crippen LogP contribution >= 0.6 is 23.2 Å².